The zero-order valence-corrected chi connectivity index (χ0v) is 10.3. The van der Waals surface area contributed by atoms with Crippen LogP contribution in [0.1, 0.15) is 13.8 Å². The molecule has 1 aliphatic heterocycles. The van der Waals surface area contributed by atoms with Gasteiger partial charge in [-0.2, -0.15) is 0 Å². The molecule has 1 aromatic carbocycles. The Balaban J connectivity index is 2.73. The van der Waals surface area contributed by atoms with Gasteiger partial charge < -0.3 is 10.4 Å². The number of fused-ring (bicyclic) bond motifs is 1. The van der Waals surface area contributed by atoms with Crippen LogP contribution in [-0.4, -0.2) is 25.2 Å². The van der Waals surface area contributed by atoms with Gasteiger partial charge in [-0.25, -0.2) is 8.42 Å². The number of amides is 1. The molecule has 0 aliphatic carbocycles. The van der Waals surface area contributed by atoms with Crippen molar-refractivity contribution in [1.82, 2.24) is 0 Å². The summed E-state index contributed by atoms with van der Waals surface area (Å²) in [5.74, 6) is -0.930. The van der Waals surface area contributed by atoms with Crippen molar-refractivity contribution in [3.63, 3.8) is 0 Å². The maximum Gasteiger partial charge on any atom is 0.231 e. The molecule has 0 saturated carbocycles. The van der Waals surface area contributed by atoms with Gasteiger partial charge >= 0.3 is 0 Å². The maximum atomic E-state index is 12.1. The lowest BCUT2D eigenvalue weighted by molar-refractivity contribution is -0.122. The molecule has 0 unspecified atom stereocenters. The predicted molar refractivity (Wildman–Crippen MR) is 62.6 cm³/mol. The molecule has 2 rings (SSSR count). The van der Waals surface area contributed by atoms with Crippen LogP contribution in [0.5, 0.6) is 5.75 Å². The first kappa shape index (κ1) is 11.9. The summed E-state index contributed by atoms with van der Waals surface area (Å²) in [4.78, 5) is 11.8. The molecule has 17 heavy (non-hydrogen) atoms. The van der Waals surface area contributed by atoms with Gasteiger partial charge in [-0.3, -0.25) is 4.79 Å². The highest BCUT2D eigenvalue weighted by Crippen LogP contribution is 2.37. The minimum absolute atomic E-state index is 0.0249. The van der Waals surface area contributed by atoms with E-state index in [1.54, 1.807) is 13.8 Å². The summed E-state index contributed by atoms with van der Waals surface area (Å²) in [5.41, 5.74) is -1.05. The average Bonchev–Trinajstić information content (AvgIpc) is 2.24. The van der Waals surface area contributed by atoms with E-state index < -0.39 is 21.2 Å². The molecule has 1 aromatic rings. The number of rotatable bonds is 0. The summed E-state index contributed by atoms with van der Waals surface area (Å²) in [6.07, 6.45) is 0. The van der Waals surface area contributed by atoms with Crippen molar-refractivity contribution in [2.24, 2.45) is 5.41 Å². The van der Waals surface area contributed by atoms with E-state index in [0.717, 1.165) is 0 Å². The maximum absolute atomic E-state index is 12.1. The minimum atomic E-state index is -3.58. The fourth-order valence-corrected chi connectivity index (χ4v) is 3.79. The number of hydrogen-bond acceptors (Lipinski definition) is 4. The lowest BCUT2D eigenvalue weighted by atomic mass is 9.95. The Hall–Kier alpha value is -1.56. The fraction of sp³-hybridized carbons (Fsp3) is 0.364. The molecule has 92 valence electrons. The number of benzene rings is 1. The SMILES string of the molecule is CC1(C)CS(=O)(=O)c2cccc(O)c2NC1=O. The van der Waals surface area contributed by atoms with Gasteiger partial charge in [0.2, 0.25) is 5.91 Å². The number of phenols is 1. The van der Waals surface area contributed by atoms with Gasteiger partial charge in [0.15, 0.2) is 9.84 Å². The largest absolute Gasteiger partial charge is 0.506 e. The zero-order valence-electron chi connectivity index (χ0n) is 9.52. The Morgan fingerprint density at radius 3 is 2.65 bits per heavy atom. The third kappa shape index (κ3) is 1.88. The van der Waals surface area contributed by atoms with Gasteiger partial charge in [0.05, 0.1) is 16.1 Å². The summed E-state index contributed by atoms with van der Waals surface area (Å²) < 4.78 is 24.2. The number of nitrogens with one attached hydrogen (secondary N) is 1. The van der Waals surface area contributed by atoms with Crippen LogP contribution >= 0.6 is 0 Å². The molecule has 0 atom stereocenters. The molecule has 0 saturated heterocycles. The molecule has 1 amide bonds. The number of carbonyl (C=O) groups excluding carboxylic acids is 1. The average molecular weight is 255 g/mol. The highest BCUT2D eigenvalue weighted by molar-refractivity contribution is 7.91. The number of anilines is 1. The normalized spacial score (nSPS) is 21.2. The van der Waals surface area contributed by atoms with Gasteiger partial charge in [0.1, 0.15) is 11.4 Å². The van der Waals surface area contributed by atoms with Crippen molar-refractivity contribution < 1.29 is 18.3 Å². The van der Waals surface area contributed by atoms with E-state index in [1.165, 1.54) is 18.2 Å². The molecule has 0 aromatic heterocycles. The first-order valence-electron chi connectivity index (χ1n) is 5.10. The van der Waals surface area contributed by atoms with Crippen molar-refractivity contribution in [1.29, 1.82) is 0 Å². The second kappa shape index (κ2) is 3.46. The van der Waals surface area contributed by atoms with Crippen LogP contribution in [0.3, 0.4) is 0 Å². The van der Waals surface area contributed by atoms with E-state index in [0.29, 0.717) is 0 Å². The topological polar surface area (TPSA) is 83.5 Å². The molecular weight excluding hydrogens is 242 g/mol. The van der Waals surface area contributed by atoms with Gasteiger partial charge in [-0.1, -0.05) is 19.9 Å². The van der Waals surface area contributed by atoms with Gasteiger partial charge in [-0.15, -0.1) is 0 Å². The van der Waals surface area contributed by atoms with Crippen molar-refractivity contribution in [3.8, 4) is 5.75 Å². The van der Waals surface area contributed by atoms with Crippen LogP contribution in [0, 0.1) is 5.41 Å². The van der Waals surface area contributed by atoms with Crippen molar-refractivity contribution in [2.45, 2.75) is 18.7 Å². The Morgan fingerprint density at radius 2 is 2.00 bits per heavy atom. The Labute approximate surface area is 99.4 Å². The third-order valence-corrected chi connectivity index (χ3v) is 4.86. The van der Waals surface area contributed by atoms with Gasteiger partial charge in [0.25, 0.3) is 0 Å². The van der Waals surface area contributed by atoms with E-state index in [1.807, 2.05) is 0 Å². The van der Waals surface area contributed by atoms with Crippen LogP contribution in [0.25, 0.3) is 0 Å². The van der Waals surface area contributed by atoms with E-state index in [9.17, 15) is 18.3 Å². The lowest BCUT2D eigenvalue weighted by Crippen LogP contribution is -2.34. The fourth-order valence-electron chi connectivity index (χ4n) is 1.81. The summed E-state index contributed by atoms with van der Waals surface area (Å²) in [7, 11) is -3.58. The van der Waals surface area contributed by atoms with E-state index in [4.69, 9.17) is 0 Å². The number of carbonyl (C=O) groups is 1. The van der Waals surface area contributed by atoms with Crippen molar-refractivity contribution in [2.75, 3.05) is 11.1 Å². The first-order chi connectivity index (χ1) is 7.74. The van der Waals surface area contributed by atoms with Crippen LogP contribution in [0.2, 0.25) is 0 Å². The van der Waals surface area contributed by atoms with Crippen LogP contribution in [0.15, 0.2) is 23.1 Å². The zero-order chi connectivity index (χ0) is 12.8. The molecular formula is C11H13NO4S. The van der Waals surface area contributed by atoms with Crippen LogP contribution in [0.4, 0.5) is 5.69 Å². The van der Waals surface area contributed by atoms with Gasteiger partial charge in [-0.05, 0) is 12.1 Å². The second-order valence-electron chi connectivity index (χ2n) is 4.75. The van der Waals surface area contributed by atoms with E-state index in [2.05, 4.69) is 5.32 Å². The molecule has 0 spiro atoms. The van der Waals surface area contributed by atoms with Gasteiger partial charge in [0, 0.05) is 0 Å². The Bertz CT molecular complexity index is 589. The number of para-hydroxylation sites is 1. The summed E-state index contributed by atoms with van der Waals surface area (Å²) in [6.45, 7) is 3.12. The lowest BCUT2D eigenvalue weighted by Gasteiger charge is -2.18. The standard InChI is InChI=1S/C11H13NO4S/c1-11(2)6-17(15,16)8-5-3-4-7(13)9(8)12-10(11)14/h3-5,13H,6H2,1-2H3,(H,12,14). The number of sulfone groups is 1. The minimum Gasteiger partial charge on any atom is -0.506 e. The highest BCUT2D eigenvalue weighted by atomic mass is 32.2. The molecule has 1 aliphatic rings. The second-order valence-corrected chi connectivity index (χ2v) is 6.71. The smallest absolute Gasteiger partial charge is 0.231 e. The summed E-state index contributed by atoms with van der Waals surface area (Å²) in [6, 6.07) is 4.16. The summed E-state index contributed by atoms with van der Waals surface area (Å²) >= 11 is 0. The highest BCUT2D eigenvalue weighted by Gasteiger charge is 2.39. The molecule has 0 fully saturated rings. The first-order valence-corrected chi connectivity index (χ1v) is 6.75. The quantitative estimate of drug-likeness (QED) is 0.681. The van der Waals surface area contributed by atoms with Crippen molar-refractivity contribution >= 4 is 21.4 Å². The molecule has 1 heterocycles. The number of hydrogen-bond donors (Lipinski definition) is 2. The molecule has 0 radical (unpaired) electrons. The monoisotopic (exact) mass is 255 g/mol. The third-order valence-electron chi connectivity index (χ3n) is 2.74. The Kier molecular flexibility index (Phi) is 2.43. The van der Waals surface area contributed by atoms with E-state index in [-0.39, 0.29) is 22.1 Å². The molecule has 5 nitrogen and oxygen atoms in total. The summed E-state index contributed by atoms with van der Waals surface area (Å²) in [5, 5.41) is 12.1. The molecule has 0 bridgehead atoms. The molecule has 6 heteroatoms. The number of aromatic hydroxyl groups is 1. The Morgan fingerprint density at radius 1 is 1.35 bits per heavy atom. The van der Waals surface area contributed by atoms with E-state index >= 15 is 0 Å². The predicted octanol–water partition coefficient (Wildman–Crippen LogP) is 1.14. The van der Waals surface area contributed by atoms with Crippen LogP contribution in [-0.2, 0) is 14.6 Å². The van der Waals surface area contributed by atoms with Crippen LogP contribution < -0.4 is 5.32 Å². The number of phenolic OH excluding ortho intramolecular Hbond substituents is 1. The molecule has 2 N–H and O–H groups in total. The van der Waals surface area contributed by atoms with Crippen molar-refractivity contribution in [3.05, 3.63) is 18.2 Å².